The molecule has 2 nitrogen and oxygen atoms in total. The number of hydrogen-bond donors (Lipinski definition) is 2. The molecule has 6 aromatic rings. The SMILES string of the molecule is CCCCc1ccc2c(c1)-c1cc(CCCC)ccc1C2(c1ccc2cc(O)ccc2c1)c1ccc2cc(O)ccc2c1. The maximum atomic E-state index is 10.2. The molecule has 0 fully saturated rings. The predicted octanol–water partition coefficient (Wildman–Crippen LogP) is 10.5. The van der Waals surface area contributed by atoms with E-state index in [-0.39, 0.29) is 11.5 Å². The fraction of sp³-hybridized carbons (Fsp3) is 0.220. The second kappa shape index (κ2) is 10.9. The van der Waals surface area contributed by atoms with E-state index < -0.39 is 5.41 Å². The molecule has 0 spiro atoms. The van der Waals surface area contributed by atoms with Crippen molar-refractivity contribution in [2.75, 3.05) is 0 Å². The second-order valence-electron chi connectivity index (χ2n) is 12.2. The number of phenols is 2. The minimum absolute atomic E-state index is 0.281. The van der Waals surface area contributed by atoms with E-state index in [1.165, 1.54) is 70.2 Å². The van der Waals surface area contributed by atoms with Crippen molar-refractivity contribution >= 4 is 21.5 Å². The minimum Gasteiger partial charge on any atom is -0.508 e. The first-order chi connectivity index (χ1) is 21.0. The van der Waals surface area contributed by atoms with E-state index >= 15 is 0 Å². The maximum Gasteiger partial charge on any atom is 0.116 e. The first-order valence-corrected chi connectivity index (χ1v) is 15.7. The number of rotatable bonds is 8. The van der Waals surface area contributed by atoms with Crippen LogP contribution in [-0.2, 0) is 18.3 Å². The Bertz CT molecular complexity index is 1840. The standard InChI is InChI=1S/C41H38O2/c1-3-5-7-27-9-19-39-37(21-27)38-22-28(8-6-4-2)10-20-40(38)41(39,33-15-11-31-25-35(42)17-13-29(31)23-33)34-16-12-32-26-36(43)18-14-30(32)24-34/h9-26,42-43H,3-8H2,1-2H3. The van der Waals surface area contributed by atoms with Crippen LogP contribution in [0.15, 0.2) is 109 Å². The van der Waals surface area contributed by atoms with E-state index in [1.807, 2.05) is 24.3 Å². The molecule has 0 saturated heterocycles. The lowest BCUT2D eigenvalue weighted by Crippen LogP contribution is -2.28. The van der Waals surface area contributed by atoms with Gasteiger partial charge in [-0.15, -0.1) is 0 Å². The van der Waals surface area contributed by atoms with Crippen LogP contribution in [0.2, 0.25) is 0 Å². The molecule has 0 unspecified atom stereocenters. The van der Waals surface area contributed by atoms with E-state index in [0.717, 1.165) is 34.4 Å². The summed E-state index contributed by atoms with van der Waals surface area (Å²) in [5, 5.41) is 24.6. The molecular formula is C41H38O2. The lowest BCUT2D eigenvalue weighted by atomic mass is 9.67. The summed E-state index contributed by atoms with van der Waals surface area (Å²) in [6.07, 6.45) is 6.89. The highest BCUT2D eigenvalue weighted by Crippen LogP contribution is 2.57. The fourth-order valence-electron chi connectivity index (χ4n) is 7.22. The van der Waals surface area contributed by atoms with Crippen LogP contribution in [0.3, 0.4) is 0 Å². The zero-order valence-corrected chi connectivity index (χ0v) is 25.0. The Morgan fingerprint density at radius 3 is 1.33 bits per heavy atom. The van der Waals surface area contributed by atoms with E-state index in [2.05, 4.69) is 86.6 Å². The summed E-state index contributed by atoms with van der Waals surface area (Å²) in [6.45, 7) is 4.51. The van der Waals surface area contributed by atoms with Gasteiger partial charge in [-0.25, -0.2) is 0 Å². The van der Waals surface area contributed by atoms with Crippen LogP contribution >= 0.6 is 0 Å². The van der Waals surface area contributed by atoms with Crippen molar-refractivity contribution in [1.29, 1.82) is 0 Å². The third-order valence-electron chi connectivity index (χ3n) is 9.42. The molecular weight excluding hydrogens is 524 g/mol. The molecule has 214 valence electrons. The zero-order valence-electron chi connectivity index (χ0n) is 25.0. The van der Waals surface area contributed by atoms with Crippen molar-refractivity contribution in [3.8, 4) is 22.6 Å². The largest absolute Gasteiger partial charge is 0.508 e. The number of phenolic OH excluding ortho intramolecular Hbond substituents is 2. The molecule has 1 aliphatic rings. The minimum atomic E-state index is -0.518. The van der Waals surface area contributed by atoms with Crippen molar-refractivity contribution in [2.45, 2.75) is 57.8 Å². The summed E-state index contributed by atoms with van der Waals surface area (Å²) >= 11 is 0. The Kier molecular flexibility index (Phi) is 6.94. The van der Waals surface area contributed by atoms with Crippen LogP contribution in [0.25, 0.3) is 32.7 Å². The molecule has 0 bridgehead atoms. The van der Waals surface area contributed by atoms with Crippen LogP contribution in [0, 0.1) is 0 Å². The Morgan fingerprint density at radius 2 is 0.884 bits per heavy atom. The van der Waals surface area contributed by atoms with Gasteiger partial charge in [0.25, 0.3) is 0 Å². The number of aromatic hydroxyl groups is 2. The summed E-state index contributed by atoms with van der Waals surface area (Å²) < 4.78 is 0. The first kappa shape index (κ1) is 27.3. The van der Waals surface area contributed by atoms with Gasteiger partial charge in [0.1, 0.15) is 11.5 Å². The third-order valence-corrected chi connectivity index (χ3v) is 9.42. The highest BCUT2D eigenvalue weighted by atomic mass is 16.3. The Balaban J connectivity index is 1.56. The topological polar surface area (TPSA) is 40.5 Å². The van der Waals surface area contributed by atoms with Crippen LogP contribution in [0.1, 0.15) is 72.9 Å². The molecule has 0 radical (unpaired) electrons. The van der Waals surface area contributed by atoms with Gasteiger partial charge in [0.2, 0.25) is 0 Å². The van der Waals surface area contributed by atoms with Crippen LogP contribution in [-0.4, -0.2) is 10.2 Å². The van der Waals surface area contributed by atoms with Crippen molar-refractivity contribution in [3.05, 3.63) is 143 Å². The molecule has 0 saturated carbocycles. The molecule has 0 amide bonds. The van der Waals surface area contributed by atoms with E-state index in [4.69, 9.17) is 0 Å². The first-order valence-electron chi connectivity index (χ1n) is 15.7. The average Bonchev–Trinajstić information content (AvgIpc) is 3.32. The Labute approximate surface area is 254 Å². The quantitative estimate of drug-likeness (QED) is 0.193. The monoisotopic (exact) mass is 562 g/mol. The van der Waals surface area contributed by atoms with Crippen molar-refractivity contribution < 1.29 is 10.2 Å². The van der Waals surface area contributed by atoms with Crippen molar-refractivity contribution in [3.63, 3.8) is 0 Å². The lowest BCUT2D eigenvalue weighted by Gasteiger charge is -2.34. The van der Waals surface area contributed by atoms with Gasteiger partial charge in [-0.2, -0.15) is 0 Å². The summed E-state index contributed by atoms with van der Waals surface area (Å²) in [7, 11) is 0. The van der Waals surface area contributed by atoms with Gasteiger partial charge in [-0.05, 0) is 128 Å². The van der Waals surface area contributed by atoms with Gasteiger partial charge < -0.3 is 10.2 Å². The molecule has 2 N–H and O–H groups in total. The van der Waals surface area contributed by atoms with Gasteiger partial charge in [-0.3, -0.25) is 0 Å². The maximum absolute atomic E-state index is 10.2. The smallest absolute Gasteiger partial charge is 0.116 e. The van der Waals surface area contributed by atoms with E-state index in [9.17, 15) is 10.2 Å². The zero-order chi connectivity index (χ0) is 29.6. The van der Waals surface area contributed by atoms with Gasteiger partial charge in [-0.1, -0.05) is 99.5 Å². The molecule has 43 heavy (non-hydrogen) atoms. The van der Waals surface area contributed by atoms with Crippen molar-refractivity contribution in [1.82, 2.24) is 0 Å². The predicted molar refractivity (Wildman–Crippen MR) is 179 cm³/mol. The van der Waals surface area contributed by atoms with Crippen LogP contribution in [0.4, 0.5) is 0 Å². The molecule has 6 aromatic carbocycles. The number of unbranched alkanes of at least 4 members (excludes halogenated alkanes) is 2. The molecule has 0 heterocycles. The summed E-state index contributed by atoms with van der Waals surface area (Å²) in [4.78, 5) is 0. The van der Waals surface area contributed by atoms with Crippen molar-refractivity contribution in [2.24, 2.45) is 0 Å². The molecule has 7 rings (SSSR count). The Hall–Kier alpha value is -4.56. The average molecular weight is 563 g/mol. The highest BCUT2D eigenvalue weighted by molar-refractivity contribution is 5.92. The van der Waals surface area contributed by atoms with E-state index in [1.54, 1.807) is 12.1 Å². The lowest BCUT2D eigenvalue weighted by molar-refractivity contribution is 0.475. The van der Waals surface area contributed by atoms with E-state index in [0.29, 0.717) is 0 Å². The van der Waals surface area contributed by atoms with Gasteiger partial charge in [0, 0.05) is 0 Å². The summed E-state index contributed by atoms with van der Waals surface area (Å²) in [5.74, 6) is 0.562. The fourth-order valence-corrected chi connectivity index (χ4v) is 7.22. The van der Waals surface area contributed by atoms with Gasteiger partial charge in [0.05, 0.1) is 5.41 Å². The van der Waals surface area contributed by atoms with Gasteiger partial charge >= 0.3 is 0 Å². The molecule has 1 aliphatic carbocycles. The number of fused-ring (bicyclic) bond motifs is 5. The molecule has 0 aromatic heterocycles. The number of aryl methyl sites for hydroxylation is 2. The normalized spacial score (nSPS) is 13.3. The molecule has 0 aliphatic heterocycles. The molecule has 0 atom stereocenters. The molecule has 2 heteroatoms. The van der Waals surface area contributed by atoms with Crippen LogP contribution < -0.4 is 0 Å². The number of hydrogen-bond acceptors (Lipinski definition) is 2. The highest BCUT2D eigenvalue weighted by Gasteiger charge is 2.46. The third kappa shape index (κ3) is 4.57. The van der Waals surface area contributed by atoms with Crippen LogP contribution in [0.5, 0.6) is 11.5 Å². The number of benzene rings is 6. The second-order valence-corrected chi connectivity index (χ2v) is 12.2. The summed E-state index contributed by atoms with van der Waals surface area (Å²) in [6, 6.07) is 39.0. The summed E-state index contributed by atoms with van der Waals surface area (Å²) in [5.41, 5.74) is 9.98. The Morgan fingerprint density at radius 1 is 0.465 bits per heavy atom. The van der Waals surface area contributed by atoms with Gasteiger partial charge in [0.15, 0.2) is 0 Å².